The number of anilines is 1. The Hall–Kier alpha value is -3.34. The van der Waals surface area contributed by atoms with Crippen LogP contribution < -0.4 is 20.7 Å². The van der Waals surface area contributed by atoms with E-state index >= 15 is 0 Å². The van der Waals surface area contributed by atoms with Gasteiger partial charge in [0, 0.05) is 36.5 Å². The standard InChI is InChI=1S/C24H24N4O2S/c25-15-17-13-20(30-19-5-2-1-3-6-19)8-9-23(17)28-11-10-18(16-28)27-24(29)22(26)14-21-7-4-12-31-21/h1-9,12-13,18,22H,10-11,14,16,26H2,(H,27,29)/t18-,22-/m0/s1. The van der Waals surface area contributed by atoms with E-state index in [1.807, 2.05) is 60.0 Å². The summed E-state index contributed by atoms with van der Waals surface area (Å²) in [6.07, 6.45) is 1.35. The van der Waals surface area contributed by atoms with Crippen molar-refractivity contribution in [2.24, 2.45) is 5.73 Å². The molecule has 2 aromatic carbocycles. The van der Waals surface area contributed by atoms with Gasteiger partial charge in [-0.1, -0.05) is 24.3 Å². The summed E-state index contributed by atoms with van der Waals surface area (Å²) in [6, 6.07) is 20.7. The van der Waals surface area contributed by atoms with Gasteiger partial charge in [-0.2, -0.15) is 5.26 Å². The van der Waals surface area contributed by atoms with E-state index in [9.17, 15) is 10.1 Å². The fourth-order valence-electron chi connectivity index (χ4n) is 3.71. The third-order valence-electron chi connectivity index (χ3n) is 5.28. The van der Waals surface area contributed by atoms with Gasteiger partial charge in [-0.25, -0.2) is 0 Å². The number of benzene rings is 2. The molecule has 6 nitrogen and oxygen atoms in total. The van der Waals surface area contributed by atoms with Crippen LogP contribution in [0.4, 0.5) is 5.69 Å². The summed E-state index contributed by atoms with van der Waals surface area (Å²) in [5.74, 6) is 1.21. The van der Waals surface area contributed by atoms with Gasteiger partial charge in [0.2, 0.25) is 5.91 Å². The van der Waals surface area contributed by atoms with E-state index in [1.165, 1.54) is 0 Å². The molecule has 4 rings (SSSR count). The number of nitrogens with zero attached hydrogens (tertiary/aromatic N) is 2. The van der Waals surface area contributed by atoms with Gasteiger partial charge in [0.25, 0.3) is 0 Å². The highest BCUT2D eigenvalue weighted by molar-refractivity contribution is 7.09. The lowest BCUT2D eigenvalue weighted by atomic mass is 10.1. The summed E-state index contributed by atoms with van der Waals surface area (Å²) in [6.45, 7) is 1.41. The number of nitriles is 1. The highest BCUT2D eigenvalue weighted by Gasteiger charge is 2.27. The van der Waals surface area contributed by atoms with Crippen molar-refractivity contribution in [2.45, 2.75) is 24.9 Å². The lowest BCUT2D eigenvalue weighted by molar-refractivity contribution is -0.122. The van der Waals surface area contributed by atoms with Gasteiger partial charge in [0.1, 0.15) is 17.6 Å². The van der Waals surface area contributed by atoms with Gasteiger partial charge in [-0.3, -0.25) is 4.79 Å². The number of rotatable bonds is 7. The van der Waals surface area contributed by atoms with E-state index in [1.54, 1.807) is 17.4 Å². The molecule has 0 radical (unpaired) electrons. The van der Waals surface area contributed by atoms with Gasteiger partial charge in [0.05, 0.1) is 17.3 Å². The number of para-hydroxylation sites is 1. The van der Waals surface area contributed by atoms with E-state index in [0.717, 1.165) is 29.3 Å². The number of ether oxygens (including phenoxy) is 1. The zero-order chi connectivity index (χ0) is 21.6. The van der Waals surface area contributed by atoms with Gasteiger partial charge in [-0.15, -0.1) is 11.3 Å². The number of amides is 1. The molecule has 0 aliphatic carbocycles. The van der Waals surface area contributed by atoms with Crippen LogP contribution in [-0.2, 0) is 11.2 Å². The Labute approximate surface area is 185 Å². The van der Waals surface area contributed by atoms with Crippen molar-refractivity contribution in [3.8, 4) is 17.6 Å². The molecule has 0 spiro atoms. The summed E-state index contributed by atoms with van der Waals surface area (Å²) in [5.41, 5.74) is 7.48. The number of thiophene rings is 1. The van der Waals surface area contributed by atoms with Crippen LogP contribution in [0.2, 0.25) is 0 Å². The van der Waals surface area contributed by atoms with Crippen LogP contribution in [0, 0.1) is 11.3 Å². The first-order valence-corrected chi connectivity index (χ1v) is 11.1. The average molecular weight is 433 g/mol. The summed E-state index contributed by atoms with van der Waals surface area (Å²) >= 11 is 1.61. The molecule has 1 aromatic heterocycles. The van der Waals surface area contributed by atoms with Crippen LogP contribution in [-0.4, -0.2) is 31.1 Å². The monoisotopic (exact) mass is 432 g/mol. The van der Waals surface area contributed by atoms with Crippen LogP contribution in [0.15, 0.2) is 66.0 Å². The minimum Gasteiger partial charge on any atom is -0.457 e. The van der Waals surface area contributed by atoms with Gasteiger partial charge >= 0.3 is 0 Å². The van der Waals surface area contributed by atoms with Crippen LogP contribution in [0.1, 0.15) is 16.9 Å². The Balaban J connectivity index is 1.37. The fourth-order valence-corrected chi connectivity index (χ4v) is 4.48. The lowest BCUT2D eigenvalue weighted by Crippen LogP contribution is -2.47. The number of hydrogen-bond acceptors (Lipinski definition) is 6. The van der Waals surface area contributed by atoms with E-state index in [0.29, 0.717) is 24.3 Å². The summed E-state index contributed by atoms with van der Waals surface area (Å²) in [4.78, 5) is 15.7. The molecule has 1 saturated heterocycles. The normalized spacial score (nSPS) is 16.5. The van der Waals surface area contributed by atoms with Gasteiger partial charge in [0.15, 0.2) is 0 Å². The number of carbonyl (C=O) groups is 1. The summed E-state index contributed by atoms with van der Waals surface area (Å²) < 4.78 is 5.84. The first-order chi connectivity index (χ1) is 15.1. The fraction of sp³-hybridized carbons (Fsp3) is 0.250. The van der Waals surface area contributed by atoms with Crippen molar-refractivity contribution in [3.63, 3.8) is 0 Å². The second-order valence-electron chi connectivity index (χ2n) is 7.54. The van der Waals surface area contributed by atoms with Gasteiger partial charge < -0.3 is 20.7 Å². The highest BCUT2D eigenvalue weighted by Crippen LogP contribution is 2.30. The number of hydrogen-bond donors (Lipinski definition) is 2. The molecular weight excluding hydrogens is 408 g/mol. The van der Waals surface area contributed by atoms with Crippen LogP contribution in [0.3, 0.4) is 0 Å². The Morgan fingerprint density at radius 1 is 1.23 bits per heavy atom. The Morgan fingerprint density at radius 3 is 2.81 bits per heavy atom. The second kappa shape index (κ2) is 9.65. The number of nitrogens with two attached hydrogens (primary N) is 1. The smallest absolute Gasteiger partial charge is 0.237 e. The van der Waals surface area contributed by atoms with Gasteiger partial charge in [-0.05, 0) is 42.1 Å². The lowest BCUT2D eigenvalue weighted by Gasteiger charge is -2.21. The predicted octanol–water partition coefficient (Wildman–Crippen LogP) is 3.68. The van der Waals surface area contributed by atoms with Crippen LogP contribution >= 0.6 is 11.3 Å². The van der Waals surface area contributed by atoms with Crippen molar-refractivity contribution in [1.29, 1.82) is 5.26 Å². The molecule has 3 N–H and O–H groups in total. The van der Waals surface area contributed by atoms with Crippen molar-refractivity contribution in [3.05, 3.63) is 76.5 Å². The van der Waals surface area contributed by atoms with E-state index < -0.39 is 6.04 Å². The Morgan fingerprint density at radius 2 is 2.06 bits per heavy atom. The zero-order valence-electron chi connectivity index (χ0n) is 17.0. The third-order valence-corrected chi connectivity index (χ3v) is 6.18. The SMILES string of the molecule is N#Cc1cc(Oc2ccccc2)ccc1N1CC[C@H](NC(=O)[C@@H](N)Cc2cccs2)C1. The highest BCUT2D eigenvalue weighted by atomic mass is 32.1. The maximum Gasteiger partial charge on any atom is 0.237 e. The quantitative estimate of drug-likeness (QED) is 0.594. The van der Waals surface area contributed by atoms with E-state index in [4.69, 9.17) is 10.5 Å². The molecule has 158 valence electrons. The number of carbonyl (C=O) groups excluding carboxylic acids is 1. The molecule has 0 bridgehead atoms. The van der Waals surface area contributed by atoms with Crippen LogP contribution in [0.5, 0.6) is 11.5 Å². The van der Waals surface area contributed by atoms with E-state index in [2.05, 4.69) is 16.3 Å². The molecule has 0 unspecified atom stereocenters. The predicted molar refractivity (Wildman–Crippen MR) is 122 cm³/mol. The van der Waals surface area contributed by atoms with Crippen molar-refractivity contribution < 1.29 is 9.53 Å². The topological polar surface area (TPSA) is 91.4 Å². The molecule has 1 fully saturated rings. The molecule has 2 atom stereocenters. The molecule has 0 saturated carbocycles. The zero-order valence-corrected chi connectivity index (χ0v) is 17.8. The second-order valence-corrected chi connectivity index (χ2v) is 8.57. The molecule has 2 heterocycles. The Kier molecular flexibility index (Phi) is 6.51. The third kappa shape index (κ3) is 5.23. The maximum absolute atomic E-state index is 12.5. The average Bonchev–Trinajstić information content (AvgIpc) is 3.46. The molecule has 3 aromatic rings. The molecule has 1 aliphatic rings. The molecule has 1 aliphatic heterocycles. The summed E-state index contributed by atoms with van der Waals surface area (Å²) in [7, 11) is 0. The minimum atomic E-state index is -0.559. The van der Waals surface area contributed by atoms with Crippen molar-refractivity contribution in [1.82, 2.24) is 5.32 Å². The van der Waals surface area contributed by atoms with Crippen molar-refractivity contribution >= 4 is 22.9 Å². The molecule has 1 amide bonds. The first-order valence-electron chi connectivity index (χ1n) is 10.2. The van der Waals surface area contributed by atoms with Crippen molar-refractivity contribution in [2.75, 3.05) is 18.0 Å². The van der Waals surface area contributed by atoms with Crippen LogP contribution in [0.25, 0.3) is 0 Å². The molecule has 7 heteroatoms. The first kappa shape index (κ1) is 20.9. The summed E-state index contributed by atoms with van der Waals surface area (Å²) in [5, 5.41) is 14.7. The molecule has 31 heavy (non-hydrogen) atoms. The Bertz CT molecular complexity index is 1060. The minimum absolute atomic E-state index is 0.00803. The maximum atomic E-state index is 12.5. The number of nitrogens with one attached hydrogen (secondary N) is 1. The largest absolute Gasteiger partial charge is 0.457 e. The molecular formula is C24H24N4O2S. The van der Waals surface area contributed by atoms with E-state index in [-0.39, 0.29) is 11.9 Å².